The first-order valence-electron chi connectivity index (χ1n) is 6.90. The van der Waals surface area contributed by atoms with Crippen LogP contribution in [0.5, 0.6) is 0 Å². The summed E-state index contributed by atoms with van der Waals surface area (Å²) >= 11 is 0. The molecule has 0 aromatic carbocycles. The molecule has 1 unspecified atom stereocenters. The molecule has 1 saturated heterocycles. The van der Waals surface area contributed by atoms with E-state index in [9.17, 15) is 9.59 Å². The molecule has 0 aromatic rings. The monoisotopic (exact) mass is 253 g/mol. The van der Waals surface area contributed by atoms with Gasteiger partial charge >= 0.3 is 0 Å². The summed E-state index contributed by atoms with van der Waals surface area (Å²) in [7, 11) is 0. The number of carbonyl (C=O) groups is 2. The molecule has 0 spiro atoms. The van der Waals surface area contributed by atoms with Crippen molar-refractivity contribution in [3.05, 3.63) is 0 Å². The van der Waals surface area contributed by atoms with Crippen LogP contribution in [0.1, 0.15) is 32.6 Å². The molecule has 2 N–H and O–H groups in total. The van der Waals surface area contributed by atoms with E-state index in [1.54, 1.807) is 0 Å². The number of rotatable bonds is 5. The lowest BCUT2D eigenvalue weighted by Gasteiger charge is -2.33. The van der Waals surface area contributed by atoms with Crippen molar-refractivity contribution >= 4 is 11.8 Å². The molecule has 0 bridgehead atoms. The van der Waals surface area contributed by atoms with E-state index in [-0.39, 0.29) is 17.9 Å². The first-order chi connectivity index (χ1) is 8.65. The third kappa shape index (κ3) is 4.29. The number of hydrogen-bond acceptors (Lipinski definition) is 3. The fourth-order valence-electron chi connectivity index (χ4n) is 2.43. The Morgan fingerprint density at radius 1 is 1.28 bits per heavy atom. The summed E-state index contributed by atoms with van der Waals surface area (Å²) in [6, 6.07) is 0.128. The Morgan fingerprint density at radius 2 is 2.06 bits per heavy atom. The normalized spacial score (nSPS) is 23.8. The van der Waals surface area contributed by atoms with Gasteiger partial charge in [-0.3, -0.25) is 9.59 Å². The summed E-state index contributed by atoms with van der Waals surface area (Å²) in [6.07, 6.45) is 4.54. The molecule has 1 saturated carbocycles. The van der Waals surface area contributed by atoms with Gasteiger partial charge in [0.15, 0.2) is 0 Å². The molecule has 1 aliphatic carbocycles. The lowest BCUT2D eigenvalue weighted by Crippen LogP contribution is -2.51. The predicted octanol–water partition coefficient (Wildman–Crippen LogP) is 0.113. The molecule has 2 rings (SSSR count). The Balaban J connectivity index is 1.69. The molecule has 102 valence electrons. The van der Waals surface area contributed by atoms with E-state index < -0.39 is 0 Å². The zero-order valence-corrected chi connectivity index (χ0v) is 11.1. The zero-order chi connectivity index (χ0) is 13.0. The van der Waals surface area contributed by atoms with E-state index in [2.05, 4.69) is 10.6 Å². The number of hydrogen-bond donors (Lipinski definition) is 2. The van der Waals surface area contributed by atoms with Gasteiger partial charge in [0.25, 0.3) is 0 Å². The standard InChI is InChI=1S/C13H23N3O2/c1-10(17)15-12-3-2-6-16(9-12)13(18)8-14-7-11-4-5-11/h11-12,14H,2-9H2,1H3,(H,15,17). The summed E-state index contributed by atoms with van der Waals surface area (Å²) < 4.78 is 0. The number of piperidine rings is 1. The van der Waals surface area contributed by atoms with E-state index >= 15 is 0 Å². The summed E-state index contributed by atoms with van der Waals surface area (Å²) in [5, 5.41) is 6.12. The molecule has 1 heterocycles. The van der Waals surface area contributed by atoms with Gasteiger partial charge in [0.1, 0.15) is 0 Å². The van der Waals surface area contributed by atoms with Crippen LogP contribution < -0.4 is 10.6 Å². The first-order valence-corrected chi connectivity index (χ1v) is 6.90. The zero-order valence-electron chi connectivity index (χ0n) is 11.1. The van der Waals surface area contributed by atoms with E-state index in [4.69, 9.17) is 0 Å². The third-order valence-corrected chi connectivity index (χ3v) is 3.59. The average molecular weight is 253 g/mol. The van der Waals surface area contributed by atoms with Crippen LogP contribution in [0.2, 0.25) is 0 Å². The maximum absolute atomic E-state index is 12.0. The minimum Gasteiger partial charge on any atom is -0.352 e. The molecule has 1 aliphatic heterocycles. The highest BCUT2D eigenvalue weighted by Crippen LogP contribution is 2.27. The molecule has 2 fully saturated rings. The number of likely N-dealkylation sites (tertiary alicyclic amines) is 1. The fourth-order valence-corrected chi connectivity index (χ4v) is 2.43. The largest absolute Gasteiger partial charge is 0.352 e. The van der Waals surface area contributed by atoms with Crippen LogP contribution in [0.4, 0.5) is 0 Å². The van der Waals surface area contributed by atoms with Gasteiger partial charge in [-0.15, -0.1) is 0 Å². The van der Waals surface area contributed by atoms with Gasteiger partial charge in [-0.1, -0.05) is 0 Å². The SMILES string of the molecule is CC(=O)NC1CCCN(C(=O)CNCC2CC2)C1. The highest BCUT2D eigenvalue weighted by atomic mass is 16.2. The van der Waals surface area contributed by atoms with Crippen LogP contribution in [0, 0.1) is 5.92 Å². The average Bonchev–Trinajstić information content (AvgIpc) is 3.12. The van der Waals surface area contributed by atoms with Crippen molar-refractivity contribution in [1.82, 2.24) is 15.5 Å². The van der Waals surface area contributed by atoms with Crippen LogP contribution >= 0.6 is 0 Å². The summed E-state index contributed by atoms with van der Waals surface area (Å²) in [4.78, 5) is 24.9. The molecule has 1 atom stereocenters. The molecular formula is C13H23N3O2. The number of carbonyl (C=O) groups excluding carboxylic acids is 2. The number of amides is 2. The summed E-state index contributed by atoms with van der Waals surface area (Å²) in [5.74, 6) is 0.943. The second-order valence-corrected chi connectivity index (χ2v) is 5.45. The van der Waals surface area contributed by atoms with Crippen molar-refractivity contribution in [3.63, 3.8) is 0 Å². The lowest BCUT2D eigenvalue weighted by atomic mass is 10.1. The van der Waals surface area contributed by atoms with Crippen molar-refractivity contribution in [2.45, 2.75) is 38.6 Å². The minimum absolute atomic E-state index is 0.0128. The smallest absolute Gasteiger partial charge is 0.236 e. The highest BCUT2D eigenvalue weighted by Gasteiger charge is 2.25. The molecule has 5 heteroatoms. The van der Waals surface area contributed by atoms with E-state index in [1.165, 1.54) is 19.8 Å². The van der Waals surface area contributed by atoms with E-state index in [0.717, 1.165) is 31.8 Å². The predicted molar refractivity (Wildman–Crippen MR) is 69.0 cm³/mol. The Hall–Kier alpha value is -1.10. The Labute approximate surface area is 108 Å². The Morgan fingerprint density at radius 3 is 2.72 bits per heavy atom. The van der Waals surface area contributed by atoms with E-state index in [1.807, 2.05) is 4.90 Å². The van der Waals surface area contributed by atoms with Crippen LogP contribution in [0.15, 0.2) is 0 Å². The van der Waals surface area contributed by atoms with Crippen molar-refractivity contribution in [3.8, 4) is 0 Å². The van der Waals surface area contributed by atoms with Crippen molar-refractivity contribution < 1.29 is 9.59 Å². The third-order valence-electron chi connectivity index (χ3n) is 3.59. The highest BCUT2D eigenvalue weighted by molar-refractivity contribution is 5.78. The topological polar surface area (TPSA) is 61.4 Å². The molecule has 2 aliphatic rings. The van der Waals surface area contributed by atoms with Crippen LogP contribution in [0.25, 0.3) is 0 Å². The Kier molecular flexibility index (Phi) is 4.58. The number of nitrogens with zero attached hydrogens (tertiary/aromatic N) is 1. The van der Waals surface area contributed by atoms with Crippen LogP contribution in [-0.2, 0) is 9.59 Å². The Bertz CT molecular complexity index is 315. The van der Waals surface area contributed by atoms with Crippen LogP contribution in [0.3, 0.4) is 0 Å². The lowest BCUT2D eigenvalue weighted by molar-refractivity contribution is -0.132. The van der Waals surface area contributed by atoms with Gasteiger partial charge in [0.05, 0.1) is 6.54 Å². The van der Waals surface area contributed by atoms with E-state index in [0.29, 0.717) is 13.1 Å². The maximum atomic E-state index is 12.0. The maximum Gasteiger partial charge on any atom is 0.236 e. The first kappa shape index (κ1) is 13.3. The minimum atomic E-state index is -0.0128. The van der Waals surface area contributed by atoms with Gasteiger partial charge < -0.3 is 15.5 Å². The molecular weight excluding hydrogens is 230 g/mol. The summed E-state index contributed by atoms with van der Waals surface area (Å²) in [5.41, 5.74) is 0. The van der Waals surface area contributed by atoms with Crippen LogP contribution in [-0.4, -0.2) is 48.9 Å². The fraction of sp³-hybridized carbons (Fsp3) is 0.846. The molecule has 5 nitrogen and oxygen atoms in total. The quantitative estimate of drug-likeness (QED) is 0.731. The van der Waals surface area contributed by atoms with Crippen molar-refractivity contribution in [2.75, 3.05) is 26.2 Å². The van der Waals surface area contributed by atoms with Crippen molar-refractivity contribution in [2.24, 2.45) is 5.92 Å². The molecule has 18 heavy (non-hydrogen) atoms. The van der Waals surface area contributed by atoms with Gasteiger partial charge in [-0.25, -0.2) is 0 Å². The van der Waals surface area contributed by atoms with Gasteiger partial charge in [0, 0.05) is 26.1 Å². The molecule has 0 aromatic heterocycles. The molecule has 0 radical (unpaired) electrons. The second kappa shape index (κ2) is 6.18. The van der Waals surface area contributed by atoms with Gasteiger partial charge in [-0.2, -0.15) is 0 Å². The van der Waals surface area contributed by atoms with Crippen molar-refractivity contribution in [1.29, 1.82) is 0 Å². The second-order valence-electron chi connectivity index (χ2n) is 5.45. The van der Waals surface area contributed by atoms with Gasteiger partial charge in [-0.05, 0) is 38.1 Å². The number of nitrogens with one attached hydrogen (secondary N) is 2. The summed E-state index contributed by atoms with van der Waals surface area (Å²) in [6.45, 7) is 4.40. The molecule has 2 amide bonds. The van der Waals surface area contributed by atoms with Gasteiger partial charge in [0.2, 0.25) is 11.8 Å².